The Labute approximate surface area is 119 Å². The highest BCUT2D eigenvalue weighted by molar-refractivity contribution is 5.75. The van der Waals surface area contributed by atoms with Gasteiger partial charge in [0.1, 0.15) is 11.6 Å². The number of rotatable bonds is 4. The third kappa shape index (κ3) is 2.97. The number of halogens is 1. The summed E-state index contributed by atoms with van der Waals surface area (Å²) in [6, 6.07) is 4.65. The quantitative estimate of drug-likeness (QED) is 0.686. The summed E-state index contributed by atoms with van der Waals surface area (Å²) in [5.41, 5.74) is 6.47. The fourth-order valence-corrected chi connectivity index (χ4v) is 1.78. The molecule has 21 heavy (non-hydrogen) atoms. The molecule has 2 aromatic rings. The first kappa shape index (κ1) is 14.4. The molecule has 0 aliphatic carbocycles. The number of non-ortho nitro benzene ring substituents is 1. The Morgan fingerprint density at radius 1 is 1.43 bits per heavy atom. The van der Waals surface area contributed by atoms with Crippen LogP contribution in [0.25, 0.3) is 5.57 Å². The summed E-state index contributed by atoms with van der Waals surface area (Å²) in [6.07, 6.45) is 1.42. The number of aromatic nitrogens is 1. The molecule has 0 radical (unpaired) electrons. The molecular formula is C14H12FN3O3. The summed E-state index contributed by atoms with van der Waals surface area (Å²) in [5.74, 6) is -0.494. The van der Waals surface area contributed by atoms with Crippen molar-refractivity contribution in [3.63, 3.8) is 0 Å². The number of nitrogens with two attached hydrogens (primary N) is 1. The fourth-order valence-electron chi connectivity index (χ4n) is 1.78. The summed E-state index contributed by atoms with van der Waals surface area (Å²) < 4.78 is 19.3. The predicted molar refractivity (Wildman–Crippen MR) is 76.5 cm³/mol. The van der Waals surface area contributed by atoms with Crippen molar-refractivity contribution < 1.29 is 14.1 Å². The minimum Gasteiger partial charge on any atom is -0.453 e. The molecule has 0 aliphatic rings. The number of ether oxygens (including phenoxy) is 1. The second-order valence-electron chi connectivity index (χ2n) is 4.32. The molecule has 108 valence electrons. The van der Waals surface area contributed by atoms with Crippen LogP contribution in [-0.4, -0.2) is 9.91 Å². The molecule has 0 saturated carbocycles. The molecule has 0 amide bonds. The second-order valence-corrected chi connectivity index (χ2v) is 4.32. The molecule has 0 unspecified atom stereocenters. The summed E-state index contributed by atoms with van der Waals surface area (Å²) >= 11 is 0. The number of allylic oxidation sites excluding steroid dienone is 1. The van der Waals surface area contributed by atoms with Gasteiger partial charge in [-0.3, -0.25) is 10.1 Å². The maximum atomic E-state index is 13.8. The van der Waals surface area contributed by atoms with Gasteiger partial charge in [-0.05, 0) is 24.6 Å². The van der Waals surface area contributed by atoms with Gasteiger partial charge in [0.15, 0.2) is 11.6 Å². The zero-order valence-corrected chi connectivity index (χ0v) is 11.2. The van der Waals surface area contributed by atoms with E-state index in [0.29, 0.717) is 11.1 Å². The van der Waals surface area contributed by atoms with E-state index < -0.39 is 10.7 Å². The molecule has 1 aromatic carbocycles. The van der Waals surface area contributed by atoms with Crippen LogP contribution < -0.4 is 10.5 Å². The lowest BCUT2D eigenvalue weighted by molar-refractivity contribution is -0.385. The first-order valence-electron chi connectivity index (χ1n) is 5.92. The molecule has 0 spiro atoms. The lowest BCUT2D eigenvalue weighted by Crippen LogP contribution is -1.99. The lowest BCUT2D eigenvalue weighted by Gasteiger charge is -2.12. The molecule has 1 heterocycles. The van der Waals surface area contributed by atoms with Crippen molar-refractivity contribution in [2.24, 2.45) is 0 Å². The highest BCUT2D eigenvalue weighted by Crippen LogP contribution is 2.34. The van der Waals surface area contributed by atoms with Crippen LogP contribution in [0.1, 0.15) is 12.5 Å². The van der Waals surface area contributed by atoms with Crippen LogP contribution in [0.2, 0.25) is 0 Å². The third-order valence-corrected chi connectivity index (χ3v) is 2.72. The molecule has 7 heteroatoms. The maximum Gasteiger partial charge on any atom is 0.272 e. The Hall–Kier alpha value is -2.96. The second kappa shape index (κ2) is 5.58. The molecular weight excluding hydrogens is 277 g/mol. The van der Waals surface area contributed by atoms with Gasteiger partial charge in [0.05, 0.1) is 16.6 Å². The standard InChI is InChI=1S/C14H12FN3O3/c1-8(2)13-12(5-6-17-14(13)16)21-11-4-3-9(18(19)20)7-10(11)15/h3-7H,1H2,2H3,(H2,16,17). The number of nitrogen functional groups attached to an aromatic ring is 1. The van der Waals surface area contributed by atoms with E-state index in [9.17, 15) is 14.5 Å². The van der Waals surface area contributed by atoms with E-state index in [2.05, 4.69) is 11.6 Å². The Kier molecular flexibility index (Phi) is 3.84. The minimum absolute atomic E-state index is 0.145. The third-order valence-electron chi connectivity index (χ3n) is 2.72. The van der Waals surface area contributed by atoms with Crippen LogP contribution >= 0.6 is 0 Å². The van der Waals surface area contributed by atoms with Gasteiger partial charge in [-0.15, -0.1) is 0 Å². The highest BCUT2D eigenvalue weighted by atomic mass is 19.1. The van der Waals surface area contributed by atoms with E-state index in [1.165, 1.54) is 18.3 Å². The molecule has 0 saturated heterocycles. The van der Waals surface area contributed by atoms with Gasteiger partial charge in [0.2, 0.25) is 0 Å². The van der Waals surface area contributed by atoms with Gasteiger partial charge in [-0.2, -0.15) is 0 Å². The number of nitrogens with zero attached hydrogens (tertiary/aromatic N) is 2. The summed E-state index contributed by atoms with van der Waals surface area (Å²) in [6.45, 7) is 5.48. The van der Waals surface area contributed by atoms with Crippen LogP contribution in [0.3, 0.4) is 0 Å². The van der Waals surface area contributed by atoms with Gasteiger partial charge < -0.3 is 10.5 Å². The molecule has 0 aliphatic heterocycles. The minimum atomic E-state index is -0.841. The van der Waals surface area contributed by atoms with Crippen molar-refractivity contribution in [3.8, 4) is 11.5 Å². The van der Waals surface area contributed by atoms with Gasteiger partial charge in [0.25, 0.3) is 5.69 Å². The summed E-state index contributed by atoms with van der Waals surface area (Å²) in [7, 11) is 0. The summed E-state index contributed by atoms with van der Waals surface area (Å²) in [5, 5.41) is 10.6. The van der Waals surface area contributed by atoms with Crippen molar-refractivity contribution in [3.05, 3.63) is 58.5 Å². The number of nitro groups is 1. The molecule has 2 rings (SSSR count). The average Bonchev–Trinajstić information content (AvgIpc) is 2.40. The zero-order valence-electron chi connectivity index (χ0n) is 11.2. The Bertz CT molecular complexity index is 731. The van der Waals surface area contributed by atoms with Crippen LogP contribution in [-0.2, 0) is 0 Å². The van der Waals surface area contributed by atoms with Crippen molar-refractivity contribution in [1.82, 2.24) is 4.98 Å². The highest BCUT2D eigenvalue weighted by Gasteiger charge is 2.15. The Morgan fingerprint density at radius 3 is 2.71 bits per heavy atom. The fraction of sp³-hybridized carbons (Fsp3) is 0.0714. The molecule has 1 aromatic heterocycles. The van der Waals surface area contributed by atoms with E-state index >= 15 is 0 Å². The van der Waals surface area contributed by atoms with Gasteiger partial charge in [-0.1, -0.05) is 6.58 Å². The summed E-state index contributed by atoms with van der Waals surface area (Å²) in [4.78, 5) is 13.8. The monoisotopic (exact) mass is 289 g/mol. The normalized spacial score (nSPS) is 10.2. The van der Waals surface area contributed by atoms with Crippen molar-refractivity contribution in [2.45, 2.75) is 6.92 Å². The molecule has 2 N–H and O–H groups in total. The smallest absolute Gasteiger partial charge is 0.272 e. The van der Waals surface area contributed by atoms with Crippen LogP contribution in [0.5, 0.6) is 11.5 Å². The lowest BCUT2D eigenvalue weighted by atomic mass is 10.1. The van der Waals surface area contributed by atoms with Gasteiger partial charge >= 0.3 is 0 Å². The predicted octanol–water partition coefficient (Wildman–Crippen LogP) is 3.54. The van der Waals surface area contributed by atoms with Gasteiger partial charge in [0, 0.05) is 12.3 Å². The SMILES string of the molecule is C=C(C)c1c(Oc2ccc([N+](=O)[O-])cc2F)ccnc1N. The number of benzene rings is 1. The number of hydrogen-bond acceptors (Lipinski definition) is 5. The Balaban J connectivity index is 2.42. The van der Waals surface area contributed by atoms with E-state index in [0.717, 1.165) is 12.1 Å². The van der Waals surface area contributed by atoms with E-state index in [1.807, 2.05) is 0 Å². The average molecular weight is 289 g/mol. The van der Waals surface area contributed by atoms with Crippen LogP contribution in [0, 0.1) is 15.9 Å². The van der Waals surface area contributed by atoms with Crippen LogP contribution in [0.4, 0.5) is 15.9 Å². The molecule has 0 atom stereocenters. The number of anilines is 1. The number of pyridine rings is 1. The van der Waals surface area contributed by atoms with E-state index in [1.54, 1.807) is 6.92 Å². The van der Waals surface area contributed by atoms with Gasteiger partial charge in [-0.25, -0.2) is 9.37 Å². The number of hydrogen-bond donors (Lipinski definition) is 1. The van der Waals surface area contributed by atoms with Crippen molar-refractivity contribution in [1.29, 1.82) is 0 Å². The Morgan fingerprint density at radius 2 is 2.14 bits per heavy atom. The molecule has 6 nitrogen and oxygen atoms in total. The van der Waals surface area contributed by atoms with Crippen LogP contribution in [0.15, 0.2) is 37.0 Å². The zero-order chi connectivity index (χ0) is 15.6. The van der Waals surface area contributed by atoms with Crippen molar-refractivity contribution in [2.75, 3.05) is 5.73 Å². The largest absolute Gasteiger partial charge is 0.453 e. The maximum absolute atomic E-state index is 13.8. The molecule has 0 bridgehead atoms. The first-order chi connectivity index (χ1) is 9.90. The topological polar surface area (TPSA) is 91.3 Å². The van der Waals surface area contributed by atoms with E-state index in [4.69, 9.17) is 10.5 Å². The molecule has 0 fully saturated rings. The number of nitro benzene ring substituents is 1. The van der Waals surface area contributed by atoms with E-state index in [-0.39, 0.29) is 23.0 Å². The first-order valence-corrected chi connectivity index (χ1v) is 5.92. The van der Waals surface area contributed by atoms with Crippen molar-refractivity contribution >= 4 is 17.1 Å².